The van der Waals surface area contributed by atoms with Gasteiger partial charge in [0.15, 0.2) is 0 Å². The lowest BCUT2D eigenvalue weighted by Gasteiger charge is -2.13. The van der Waals surface area contributed by atoms with Crippen molar-refractivity contribution in [1.82, 2.24) is 4.90 Å². The van der Waals surface area contributed by atoms with Crippen molar-refractivity contribution in [3.8, 4) is 11.3 Å². The summed E-state index contributed by atoms with van der Waals surface area (Å²) in [5.41, 5.74) is 0.675. The number of carbonyl (C=O) groups excluding carboxylic acids is 1. The molecule has 3 rings (SSSR count). The average molecular weight is 432 g/mol. The Hall–Kier alpha value is -2.98. The summed E-state index contributed by atoms with van der Waals surface area (Å²) >= 11 is 6.42. The number of carboxylic acid groups (broad SMARTS) is 1. The maximum Gasteiger partial charge on any atom is 0.303 e. The van der Waals surface area contributed by atoms with E-state index in [4.69, 9.17) is 21.7 Å². The molecule has 0 atom stereocenters. The summed E-state index contributed by atoms with van der Waals surface area (Å²) in [6, 6.07) is 9.41. The molecule has 150 valence electrons. The summed E-state index contributed by atoms with van der Waals surface area (Å²) in [5, 5.41) is 19.4. The fraction of sp³-hybridized carbons (Fsp3) is 0.211. The molecule has 0 aliphatic carbocycles. The molecule has 1 fully saturated rings. The van der Waals surface area contributed by atoms with Crippen LogP contribution >= 0.6 is 24.0 Å². The van der Waals surface area contributed by atoms with Gasteiger partial charge in [-0.25, -0.2) is 0 Å². The molecule has 0 spiro atoms. The first-order valence-corrected chi connectivity index (χ1v) is 9.89. The number of furan rings is 1. The van der Waals surface area contributed by atoms with Gasteiger partial charge >= 0.3 is 5.97 Å². The number of rotatable bonds is 8. The Bertz CT molecular complexity index is 996. The molecule has 2 aromatic rings. The number of aliphatic carboxylic acids is 1. The maximum atomic E-state index is 12.6. The van der Waals surface area contributed by atoms with Crippen molar-refractivity contribution in [1.29, 1.82) is 0 Å². The van der Waals surface area contributed by atoms with E-state index in [0.29, 0.717) is 45.7 Å². The van der Waals surface area contributed by atoms with Crippen LogP contribution in [0.5, 0.6) is 0 Å². The van der Waals surface area contributed by atoms with Crippen LogP contribution in [0.2, 0.25) is 0 Å². The minimum absolute atomic E-state index is 0.00689. The molecule has 1 saturated heterocycles. The second-order valence-corrected chi connectivity index (χ2v) is 7.87. The van der Waals surface area contributed by atoms with Crippen LogP contribution in [-0.2, 0) is 9.59 Å². The van der Waals surface area contributed by atoms with E-state index in [9.17, 15) is 19.7 Å². The largest absolute Gasteiger partial charge is 0.481 e. The second-order valence-electron chi connectivity index (χ2n) is 6.19. The highest BCUT2D eigenvalue weighted by Crippen LogP contribution is 2.34. The Morgan fingerprint density at radius 1 is 1.24 bits per heavy atom. The highest BCUT2D eigenvalue weighted by Gasteiger charge is 2.31. The van der Waals surface area contributed by atoms with E-state index >= 15 is 0 Å². The van der Waals surface area contributed by atoms with E-state index in [1.807, 2.05) is 0 Å². The number of nitrogens with zero attached hydrogens (tertiary/aromatic N) is 2. The summed E-state index contributed by atoms with van der Waals surface area (Å²) in [7, 11) is 0. The van der Waals surface area contributed by atoms with Crippen molar-refractivity contribution in [3.63, 3.8) is 0 Å². The summed E-state index contributed by atoms with van der Waals surface area (Å²) in [6.07, 6.45) is 2.69. The predicted octanol–water partition coefficient (Wildman–Crippen LogP) is 4.31. The van der Waals surface area contributed by atoms with E-state index in [2.05, 4.69) is 0 Å². The predicted molar refractivity (Wildman–Crippen MR) is 112 cm³/mol. The number of benzene rings is 1. The third kappa shape index (κ3) is 5.09. The van der Waals surface area contributed by atoms with Gasteiger partial charge in [-0.15, -0.1) is 0 Å². The first kappa shape index (κ1) is 20.7. The second kappa shape index (κ2) is 9.01. The smallest absolute Gasteiger partial charge is 0.303 e. The molecule has 1 aliphatic rings. The number of thiocarbonyl (C=S) groups is 1. The van der Waals surface area contributed by atoms with Crippen LogP contribution in [0.25, 0.3) is 17.4 Å². The minimum atomic E-state index is -0.864. The average Bonchev–Trinajstić information content (AvgIpc) is 3.25. The van der Waals surface area contributed by atoms with Gasteiger partial charge in [-0.1, -0.05) is 24.0 Å². The molecule has 0 unspecified atom stereocenters. The van der Waals surface area contributed by atoms with Gasteiger partial charge in [0.05, 0.1) is 9.83 Å². The number of amides is 1. The van der Waals surface area contributed by atoms with E-state index in [0.717, 1.165) is 0 Å². The van der Waals surface area contributed by atoms with Gasteiger partial charge in [-0.05, 0) is 37.1 Å². The normalized spacial score (nSPS) is 15.3. The van der Waals surface area contributed by atoms with Crippen LogP contribution < -0.4 is 0 Å². The zero-order valence-electron chi connectivity index (χ0n) is 15.1. The molecule has 29 heavy (non-hydrogen) atoms. The van der Waals surface area contributed by atoms with Crippen LogP contribution in [0.1, 0.15) is 25.0 Å². The number of unbranched alkanes of at least 4 members (excludes halogenated alkanes) is 1. The van der Waals surface area contributed by atoms with E-state index < -0.39 is 10.9 Å². The molecule has 0 saturated carbocycles. The monoisotopic (exact) mass is 432 g/mol. The number of hydrogen-bond acceptors (Lipinski definition) is 7. The number of hydrogen-bond donors (Lipinski definition) is 1. The lowest BCUT2D eigenvalue weighted by Crippen LogP contribution is -2.29. The molecule has 1 aromatic heterocycles. The van der Waals surface area contributed by atoms with E-state index in [1.165, 1.54) is 28.8 Å². The summed E-state index contributed by atoms with van der Waals surface area (Å²) in [6.45, 7) is 0.376. The van der Waals surface area contributed by atoms with Crippen LogP contribution in [0.15, 0.2) is 45.7 Å². The molecule has 1 N–H and O–H groups in total. The molecular formula is C19H16N2O6S2. The minimum Gasteiger partial charge on any atom is -0.481 e. The molecule has 0 bridgehead atoms. The first-order valence-electron chi connectivity index (χ1n) is 8.67. The number of non-ortho nitro benzene ring substituents is 1. The molecule has 1 amide bonds. The van der Waals surface area contributed by atoms with Gasteiger partial charge < -0.3 is 9.52 Å². The first-order chi connectivity index (χ1) is 13.8. The van der Waals surface area contributed by atoms with Gasteiger partial charge in [0.1, 0.15) is 15.8 Å². The quantitative estimate of drug-likeness (QED) is 0.216. The van der Waals surface area contributed by atoms with Crippen molar-refractivity contribution < 1.29 is 24.0 Å². The number of nitro groups is 1. The molecule has 10 heteroatoms. The summed E-state index contributed by atoms with van der Waals surface area (Å²) < 4.78 is 6.17. The number of carboxylic acids is 1. The molecule has 0 radical (unpaired) electrons. The van der Waals surface area contributed by atoms with Gasteiger partial charge in [0.25, 0.3) is 11.6 Å². The molecule has 1 aromatic carbocycles. The van der Waals surface area contributed by atoms with Crippen molar-refractivity contribution in [2.75, 3.05) is 6.54 Å². The van der Waals surface area contributed by atoms with Crippen LogP contribution in [0.4, 0.5) is 5.69 Å². The fourth-order valence-corrected chi connectivity index (χ4v) is 3.99. The number of carbonyl (C=O) groups is 2. The zero-order chi connectivity index (χ0) is 21.0. The maximum absolute atomic E-state index is 12.6. The lowest BCUT2D eigenvalue weighted by molar-refractivity contribution is -0.384. The van der Waals surface area contributed by atoms with Crippen LogP contribution in [0.3, 0.4) is 0 Å². The highest BCUT2D eigenvalue weighted by molar-refractivity contribution is 8.26. The molecule has 1 aliphatic heterocycles. The molecule has 8 nitrogen and oxygen atoms in total. The summed E-state index contributed by atoms with van der Waals surface area (Å²) in [5.74, 6) is -0.111. The third-order valence-electron chi connectivity index (χ3n) is 4.16. The van der Waals surface area contributed by atoms with Gasteiger partial charge in [-0.3, -0.25) is 24.6 Å². The van der Waals surface area contributed by atoms with Crippen LogP contribution in [-0.4, -0.2) is 37.7 Å². The Morgan fingerprint density at radius 2 is 1.97 bits per heavy atom. The third-order valence-corrected chi connectivity index (χ3v) is 5.54. The van der Waals surface area contributed by atoms with E-state index in [1.54, 1.807) is 30.3 Å². The Balaban J connectivity index is 1.67. The highest BCUT2D eigenvalue weighted by atomic mass is 32.2. The van der Waals surface area contributed by atoms with Crippen molar-refractivity contribution in [3.05, 3.63) is 57.2 Å². The van der Waals surface area contributed by atoms with Crippen molar-refractivity contribution in [2.24, 2.45) is 0 Å². The Labute approximate surface area is 175 Å². The molecule has 2 heterocycles. The van der Waals surface area contributed by atoms with E-state index in [-0.39, 0.29) is 18.0 Å². The summed E-state index contributed by atoms with van der Waals surface area (Å²) in [4.78, 5) is 35.3. The SMILES string of the molecule is O=C(O)CCCCN1C(=O)/C(=C/c2ccc(-c3ccc([N+](=O)[O-])cc3)o2)SC1=S. The number of nitro benzene ring substituents is 1. The van der Waals surface area contributed by atoms with Gasteiger partial charge in [0.2, 0.25) is 0 Å². The zero-order valence-corrected chi connectivity index (χ0v) is 16.7. The lowest BCUT2D eigenvalue weighted by atomic mass is 10.1. The number of thioether (sulfide) groups is 1. The van der Waals surface area contributed by atoms with Crippen molar-refractivity contribution in [2.45, 2.75) is 19.3 Å². The Morgan fingerprint density at radius 3 is 2.62 bits per heavy atom. The van der Waals surface area contributed by atoms with Crippen molar-refractivity contribution >= 4 is 51.9 Å². The fourth-order valence-electron chi connectivity index (χ4n) is 2.70. The standard InChI is InChI=1S/C19H16N2O6S2/c22-17(23)3-1-2-10-20-18(24)16(29-19(20)28)11-14-8-9-15(27-14)12-4-6-13(7-5-12)21(25)26/h4-9,11H,1-3,10H2,(H,22,23)/b16-11-. The van der Waals surface area contributed by atoms with Gasteiger partial charge in [0, 0.05) is 36.7 Å². The Kier molecular flexibility index (Phi) is 6.45. The molecular weight excluding hydrogens is 416 g/mol. The van der Waals surface area contributed by atoms with Crippen LogP contribution in [0, 0.1) is 10.1 Å². The topological polar surface area (TPSA) is 114 Å². The van der Waals surface area contributed by atoms with Gasteiger partial charge in [-0.2, -0.15) is 0 Å².